The Balaban J connectivity index is 2.30. The minimum atomic E-state index is 0.0353. The molecule has 0 aliphatic carbocycles. The fourth-order valence-corrected chi connectivity index (χ4v) is 2.73. The second-order valence-corrected chi connectivity index (χ2v) is 5.08. The largest absolute Gasteiger partial charge is 0.330 e. The normalized spacial score (nSPS) is 17.7. The third-order valence-electron chi connectivity index (χ3n) is 3.64. The molecule has 1 atom stereocenters. The van der Waals surface area contributed by atoms with Gasteiger partial charge in [0.1, 0.15) is 0 Å². The number of carbonyl (C=O) groups excluding carboxylic acids is 1. The summed E-state index contributed by atoms with van der Waals surface area (Å²) in [4.78, 5) is 11.9. The lowest BCUT2D eigenvalue weighted by molar-refractivity contribution is -0.117. The molecule has 3 nitrogen and oxygen atoms in total. The third-order valence-corrected chi connectivity index (χ3v) is 3.64. The molecule has 98 valence electrons. The molecule has 0 saturated carbocycles. The highest BCUT2D eigenvalue weighted by atomic mass is 16.2. The highest BCUT2D eigenvalue weighted by Crippen LogP contribution is 2.38. The van der Waals surface area contributed by atoms with E-state index >= 15 is 0 Å². The summed E-state index contributed by atoms with van der Waals surface area (Å²) in [6.07, 6.45) is 3.98. The van der Waals surface area contributed by atoms with Crippen LogP contribution in [0.15, 0.2) is 12.1 Å². The molecular formula is C15H22N2O. The topological polar surface area (TPSA) is 55.1 Å². The van der Waals surface area contributed by atoms with Gasteiger partial charge in [0.25, 0.3) is 0 Å². The van der Waals surface area contributed by atoms with Gasteiger partial charge in [0.15, 0.2) is 0 Å². The van der Waals surface area contributed by atoms with Gasteiger partial charge in [-0.15, -0.1) is 0 Å². The van der Waals surface area contributed by atoms with E-state index in [0.29, 0.717) is 0 Å². The molecular weight excluding hydrogens is 224 g/mol. The average Bonchev–Trinajstić information content (AvgIpc) is 2.65. The van der Waals surface area contributed by atoms with Gasteiger partial charge in [-0.2, -0.15) is 0 Å². The lowest BCUT2D eigenvalue weighted by atomic mass is 9.93. The van der Waals surface area contributed by atoms with Crippen LogP contribution in [0.4, 0.5) is 5.69 Å². The molecule has 1 aliphatic rings. The van der Waals surface area contributed by atoms with Gasteiger partial charge in [0.2, 0.25) is 5.91 Å². The molecule has 0 radical (unpaired) electrons. The van der Waals surface area contributed by atoms with Crippen molar-refractivity contribution in [2.45, 2.75) is 45.4 Å². The van der Waals surface area contributed by atoms with Crippen LogP contribution in [0.1, 0.15) is 48.8 Å². The van der Waals surface area contributed by atoms with Crippen molar-refractivity contribution < 1.29 is 4.79 Å². The molecule has 1 aliphatic heterocycles. The third kappa shape index (κ3) is 2.41. The number of unbranched alkanes of at least 4 members (excludes halogenated alkanes) is 1. The lowest BCUT2D eigenvalue weighted by Crippen LogP contribution is -2.11. The molecule has 0 aromatic heterocycles. The minimum Gasteiger partial charge on any atom is -0.330 e. The van der Waals surface area contributed by atoms with Crippen molar-refractivity contribution in [2.75, 3.05) is 11.9 Å². The van der Waals surface area contributed by atoms with Crippen LogP contribution >= 0.6 is 0 Å². The standard InChI is InChI=1S/C15H22N2O/c1-3-12-13-9-10(2)8-11(6-4-5-7-16)14(13)17-15(12)18/h8-9,12H,3-7,16H2,1-2H3,(H,17,18). The molecule has 0 fully saturated rings. The van der Waals surface area contributed by atoms with Gasteiger partial charge in [-0.3, -0.25) is 4.79 Å². The first-order valence-corrected chi connectivity index (χ1v) is 6.81. The number of rotatable bonds is 5. The van der Waals surface area contributed by atoms with Gasteiger partial charge >= 0.3 is 0 Å². The van der Waals surface area contributed by atoms with E-state index in [9.17, 15) is 4.79 Å². The molecule has 3 heteroatoms. The number of carbonyl (C=O) groups is 1. The van der Waals surface area contributed by atoms with Gasteiger partial charge < -0.3 is 11.1 Å². The fourth-order valence-electron chi connectivity index (χ4n) is 2.73. The number of hydrogen-bond donors (Lipinski definition) is 2. The lowest BCUT2D eigenvalue weighted by Gasteiger charge is -2.11. The first kappa shape index (κ1) is 13.1. The smallest absolute Gasteiger partial charge is 0.232 e. The Bertz CT molecular complexity index is 454. The second kappa shape index (κ2) is 5.53. The molecule has 0 bridgehead atoms. The molecule has 3 N–H and O–H groups in total. The molecule has 1 aromatic rings. The number of nitrogens with one attached hydrogen (secondary N) is 1. The minimum absolute atomic E-state index is 0.0353. The van der Waals surface area contributed by atoms with Crippen molar-refractivity contribution in [3.63, 3.8) is 0 Å². The van der Waals surface area contributed by atoms with E-state index in [1.54, 1.807) is 0 Å². The quantitative estimate of drug-likeness (QED) is 0.785. The number of fused-ring (bicyclic) bond motifs is 1. The van der Waals surface area contributed by atoms with Gasteiger partial charge in [-0.05, 0) is 50.3 Å². The number of amides is 1. The Morgan fingerprint density at radius 3 is 2.78 bits per heavy atom. The maximum Gasteiger partial charge on any atom is 0.232 e. The highest BCUT2D eigenvalue weighted by molar-refractivity contribution is 6.03. The zero-order chi connectivity index (χ0) is 13.1. The van der Waals surface area contributed by atoms with Crippen molar-refractivity contribution in [1.29, 1.82) is 0 Å². The molecule has 1 amide bonds. The van der Waals surface area contributed by atoms with Crippen LogP contribution in [0, 0.1) is 6.92 Å². The zero-order valence-electron chi connectivity index (χ0n) is 11.3. The van der Waals surface area contributed by atoms with Crippen LogP contribution in [0.25, 0.3) is 0 Å². The Labute approximate surface area is 109 Å². The fraction of sp³-hybridized carbons (Fsp3) is 0.533. The van der Waals surface area contributed by atoms with E-state index in [0.717, 1.165) is 37.9 Å². The zero-order valence-corrected chi connectivity index (χ0v) is 11.3. The molecule has 18 heavy (non-hydrogen) atoms. The van der Waals surface area contributed by atoms with Crippen molar-refractivity contribution in [1.82, 2.24) is 0 Å². The SMILES string of the molecule is CCC1C(=O)Nc2c(CCCCN)cc(C)cc21. The summed E-state index contributed by atoms with van der Waals surface area (Å²) in [7, 11) is 0. The molecule has 2 rings (SSSR count). The Kier molecular flexibility index (Phi) is 4.02. The summed E-state index contributed by atoms with van der Waals surface area (Å²) in [5.74, 6) is 0.186. The molecule has 1 unspecified atom stereocenters. The highest BCUT2D eigenvalue weighted by Gasteiger charge is 2.30. The van der Waals surface area contributed by atoms with E-state index in [1.165, 1.54) is 16.7 Å². The summed E-state index contributed by atoms with van der Waals surface area (Å²) in [5.41, 5.74) is 10.3. The first-order valence-electron chi connectivity index (χ1n) is 6.81. The maximum atomic E-state index is 11.9. The molecule has 0 saturated heterocycles. The molecule has 1 aromatic carbocycles. The number of aryl methyl sites for hydroxylation is 2. The predicted molar refractivity (Wildman–Crippen MR) is 74.8 cm³/mol. The number of benzene rings is 1. The van der Waals surface area contributed by atoms with Gasteiger partial charge in [0.05, 0.1) is 5.92 Å². The van der Waals surface area contributed by atoms with Crippen LogP contribution in [-0.2, 0) is 11.2 Å². The second-order valence-electron chi connectivity index (χ2n) is 5.08. The van der Waals surface area contributed by atoms with Crippen LogP contribution < -0.4 is 11.1 Å². The Hall–Kier alpha value is -1.35. The van der Waals surface area contributed by atoms with Gasteiger partial charge in [-0.1, -0.05) is 24.6 Å². The summed E-state index contributed by atoms with van der Waals surface area (Å²) >= 11 is 0. The summed E-state index contributed by atoms with van der Waals surface area (Å²) < 4.78 is 0. The number of hydrogen-bond acceptors (Lipinski definition) is 2. The first-order chi connectivity index (χ1) is 8.67. The van der Waals surface area contributed by atoms with Crippen molar-refractivity contribution in [3.05, 3.63) is 28.8 Å². The summed E-state index contributed by atoms with van der Waals surface area (Å²) in [5, 5.41) is 3.05. The Morgan fingerprint density at radius 2 is 2.11 bits per heavy atom. The van der Waals surface area contributed by atoms with Crippen LogP contribution in [0.2, 0.25) is 0 Å². The van der Waals surface area contributed by atoms with Crippen molar-refractivity contribution in [2.24, 2.45) is 5.73 Å². The van der Waals surface area contributed by atoms with E-state index < -0.39 is 0 Å². The number of nitrogens with two attached hydrogens (primary N) is 1. The van der Waals surface area contributed by atoms with Crippen LogP contribution in [0.5, 0.6) is 0 Å². The van der Waals surface area contributed by atoms with Crippen molar-refractivity contribution >= 4 is 11.6 Å². The van der Waals surface area contributed by atoms with E-state index in [1.807, 2.05) is 0 Å². The van der Waals surface area contributed by atoms with Crippen molar-refractivity contribution in [3.8, 4) is 0 Å². The van der Waals surface area contributed by atoms with E-state index in [-0.39, 0.29) is 11.8 Å². The van der Waals surface area contributed by atoms with Crippen LogP contribution in [0.3, 0.4) is 0 Å². The molecule has 1 heterocycles. The maximum absolute atomic E-state index is 11.9. The number of anilines is 1. The Morgan fingerprint density at radius 1 is 1.33 bits per heavy atom. The van der Waals surface area contributed by atoms with Gasteiger partial charge in [-0.25, -0.2) is 0 Å². The van der Waals surface area contributed by atoms with E-state index in [2.05, 4.69) is 31.3 Å². The molecule has 0 spiro atoms. The predicted octanol–water partition coefficient (Wildman–Crippen LogP) is 2.72. The van der Waals surface area contributed by atoms with E-state index in [4.69, 9.17) is 5.73 Å². The summed E-state index contributed by atoms with van der Waals surface area (Å²) in [6, 6.07) is 4.33. The van der Waals surface area contributed by atoms with Crippen LogP contribution in [-0.4, -0.2) is 12.5 Å². The monoisotopic (exact) mass is 246 g/mol. The van der Waals surface area contributed by atoms with Gasteiger partial charge in [0, 0.05) is 5.69 Å². The summed E-state index contributed by atoms with van der Waals surface area (Å²) in [6.45, 7) is 4.90. The average molecular weight is 246 g/mol.